The van der Waals surface area contributed by atoms with Crippen molar-refractivity contribution in [3.63, 3.8) is 0 Å². The Morgan fingerprint density at radius 2 is 1.61 bits per heavy atom. The van der Waals surface area contributed by atoms with Crippen LogP contribution >= 0.6 is 23.2 Å². The van der Waals surface area contributed by atoms with E-state index in [-0.39, 0.29) is 11.8 Å². The summed E-state index contributed by atoms with van der Waals surface area (Å²) in [6.07, 6.45) is 1.47. The van der Waals surface area contributed by atoms with Crippen LogP contribution in [0.25, 0.3) is 0 Å². The van der Waals surface area contributed by atoms with Crippen molar-refractivity contribution in [2.24, 2.45) is 0 Å². The molecule has 0 atom stereocenters. The minimum atomic E-state index is -0.178. The maximum Gasteiger partial charge on any atom is 0.289 e. The van der Waals surface area contributed by atoms with Gasteiger partial charge in [0.2, 0.25) is 0 Å². The molecule has 3 rings (SSSR count). The highest BCUT2D eigenvalue weighted by Gasteiger charge is 2.27. The summed E-state index contributed by atoms with van der Waals surface area (Å²) in [6, 6.07) is 8.11. The van der Waals surface area contributed by atoms with Crippen LogP contribution in [0.5, 0.6) is 0 Å². The van der Waals surface area contributed by atoms with Gasteiger partial charge in [0.25, 0.3) is 11.8 Å². The van der Waals surface area contributed by atoms with E-state index in [1.807, 2.05) is 0 Å². The van der Waals surface area contributed by atoms with E-state index >= 15 is 0 Å². The summed E-state index contributed by atoms with van der Waals surface area (Å²) in [6.45, 7) is 1.77. The third-order valence-electron chi connectivity index (χ3n) is 3.74. The molecule has 1 aromatic carbocycles. The van der Waals surface area contributed by atoms with Gasteiger partial charge in [0, 0.05) is 31.2 Å². The Morgan fingerprint density at radius 1 is 0.957 bits per heavy atom. The van der Waals surface area contributed by atoms with E-state index in [9.17, 15) is 9.59 Å². The molecule has 2 amide bonds. The van der Waals surface area contributed by atoms with Gasteiger partial charge < -0.3 is 14.2 Å². The highest BCUT2D eigenvalue weighted by atomic mass is 35.5. The minimum Gasteiger partial charge on any atom is -0.459 e. The van der Waals surface area contributed by atoms with Gasteiger partial charge in [0.15, 0.2) is 5.76 Å². The van der Waals surface area contributed by atoms with E-state index in [4.69, 9.17) is 27.6 Å². The first-order chi connectivity index (χ1) is 11.1. The zero-order valence-corrected chi connectivity index (χ0v) is 13.7. The number of nitrogens with zero attached hydrogens (tertiary/aromatic N) is 2. The summed E-state index contributed by atoms with van der Waals surface area (Å²) in [7, 11) is 0. The summed E-state index contributed by atoms with van der Waals surface area (Å²) in [5.74, 6) is -0.0341. The van der Waals surface area contributed by atoms with Crippen molar-refractivity contribution < 1.29 is 14.0 Å². The average Bonchev–Trinajstić information content (AvgIpc) is 3.10. The van der Waals surface area contributed by atoms with Crippen LogP contribution in [0.15, 0.2) is 41.0 Å². The number of hydrogen-bond acceptors (Lipinski definition) is 3. The first-order valence-electron chi connectivity index (χ1n) is 7.13. The van der Waals surface area contributed by atoms with Gasteiger partial charge in [0.1, 0.15) is 0 Å². The number of carbonyl (C=O) groups is 2. The molecule has 0 spiro atoms. The Bertz CT molecular complexity index is 723. The van der Waals surface area contributed by atoms with Crippen LogP contribution in [0.2, 0.25) is 10.0 Å². The van der Waals surface area contributed by atoms with Gasteiger partial charge in [-0.3, -0.25) is 9.59 Å². The molecule has 0 bridgehead atoms. The smallest absolute Gasteiger partial charge is 0.289 e. The summed E-state index contributed by atoms with van der Waals surface area (Å²) in [4.78, 5) is 28.1. The first kappa shape index (κ1) is 15.9. The Labute approximate surface area is 143 Å². The number of benzene rings is 1. The van der Waals surface area contributed by atoms with Gasteiger partial charge in [0.05, 0.1) is 16.8 Å². The van der Waals surface area contributed by atoms with E-state index in [0.29, 0.717) is 47.5 Å². The lowest BCUT2D eigenvalue weighted by Gasteiger charge is -2.34. The molecule has 0 N–H and O–H groups in total. The highest BCUT2D eigenvalue weighted by Crippen LogP contribution is 2.23. The van der Waals surface area contributed by atoms with Gasteiger partial charge >= 0.3 is 0 Å². The molecule has 1 saturated heterocycles. The van der Waals surface area contributed by atoms with Crippen LogP contribution in [0.3, 0.4) is 0 Å². The second-order valence-electron chi connectivity index (χ2n) is 5.19. The maximum absolute atomic E-state index is 12.5. The van der Waals surface area contributed by atoms with Crippen molar-refractivity contribution in [3.8, 4) is 0 Å². The quantitative estimate of drug-likeness (QED) is 0.833. The normalized spacial score (nSPS) is 14.9. The van der Waals surface area contributed by atoms with Crippen molar-refractivity contribution in [2.75, 3.05) is 26.2 Å². The monoisotopic (exact) mass is 352 g/mol. The summed E-state index contributed by atoms with van der Waals surface area (Å²) < 4.78 is 5.12. The van der Waals surface area contributed by atoms with E-state index in [1.165, 1.54) is 6.26 Å². The SMILES string of the molecule is O=C(c1ccco1)N1CCN(C(=O)c2cc(Cl)ccc2Cl)CC1. The molecule has 0 saturated carbocycles. The molecule has 0 unspecified atom stereocenters. The van der Waals surface area contributed by atoms with Crippen molar-refractivity contribution >= 4 is 35.0 Å². The topological polar surface area (TPSA) is 53.8 Å². The number of amides is 2. The predicted molar refractivity (Wildman–Crippen MR) is 87.0 cm³/mol. The van der Waals surface area contributed by atoms with E-state index in [0.717, 1.165) is 0 Å². The molecule has 0 radical (unpaired) electrons. The molecule has 1 fully saturated rings. The van der Waals surface area contributed by atoms with Gasteiger partial charge in [-0.2, -0.15) is 0 Å². The van der Waals surface area contributed by atoms with Gasteiger partial charge in [-0.1, -0.05) is 23.2 Å². The summed E-state index contributed by atoms with van der Waals surface area (Å²) >= 11 is 12.0. The molecule has 120 valence electrons. The van der Waals surface area contributed by atoms with Crippen molar-refractivity contribution in [1.29, 1.82) is 0 Å². The maximum atomic E-state index is 12.5. The molecule has 2 aromatic rings. The number of piperazine rings is 1. The fraction of sp³-hybridized carbons (Fsp3) is 0.250. The first-order valence-corrected chi connectivity index (χ1v) is 7.89. The molecule has 5 nitrogen and oxygen atoms in total. The molecule has 0 aliphatic carbocycles. The largest absolute Gasteiger partial charge is 0.459 e. The summed E-state index contributed by atoms with van der Waals surface area (Å²) in [5, 5.41) is 0.831. The Balaban J connectivity index is 1.66. The molecule has 23 heavy (non-hydrogen) atoms. The van der Waals surface area contributed by atoms with Gasteiger partial charge in [-0.25, -0.2) is 0 Å². The number of rotatable bonds is 2. The average molecular weight is 353 g/mol. The summed E-state index contributed by atoms with van der Waals surface area (Å²) in [5.41, 5.74) is 0.380. The van der Waals surface area contributed by atoms with E-state index in [2.05, 4.69) is 0 Å². The van der Waals surface area contributed by atoms with Crippen molar-refractivity contribution in [2.45, 2.75) is 0 Å². The fourth-order valence-corrected chi connectivity index (χ4v) is 2.87. The number of furan rings is 1. The van der Waals surface area contributed by atoms with Gasteiger partial charge in [-0.05, 0) is 30.3 Å². The lowest BCUT2D eigenvalue weighted by atomic mass is 10.1. The lowest BCUT2D eigenvalue weighted by Crippen LogP contribution is -2.50. The van der Waals surface area contributed by atoms with Crippen molar-refractivity contribution in [1.82, 2.24) is 9.80 Å². The Hall–Kier alpha value is -1.98. The molecule has 7 heteroatoms. The molecular weight excluding hydrogens is 339 g/mol. The third-order valence-corrected chi connectivity index (χ3v) is 4.31. The minimum absolute atomic E-state index is 0.164. The van der Waals surface area contributed by atoms with Crippen LogP contribution < -0.4 is 0 Å². The van der Waals surface area contributed by atoms with Crippen LogP contribution in [-0.4, -0.2) is 47.8 Å². The fourth-order valence-electron chi connectivity index (χ4n) is 2.50. The van der Waals surface area contributed by atoms with Gasteiger partial charge in [-0.15, -0.1) is 0 Å². The predicted octanol–water partition coefficient (Wildman–Crippen LogP) is 3.18. The molecule has 1 aromatic heterocycles. The van der Waals surface area contributed by atoms with Crippen LogP contribution in [0.1, 0.15) is 20.9 Å². The molecule has 2 heterocycles. The molecule has 1 aliphatic rings. The standard InChI is InChI=1S/C16H14Cl2N2O3/c17-11-3-4-13(18)12(10-11)15(21)19-5-7-20(8-6-19)16(22)14-2-1-9-23-14/h1-4,9-10H,5-8H2. The third kappa shape index (κ3) is 3.35. The second kappa shape index (κ2) is 6.64. The second-order valence-corrected chi connectivity index (χ2v) is 6.03. The zero-order chi connectivity index (χ0) is 16.4. The molecule has 1 aliphatic heterocycles. The Kier molecular flexibility index (Phi) is 4.59. The van der Waals surface area contributed by atoms with Crippen LogP contribution in [0, 0.1) is 0 Å². The van der Waals surface area contributed by atoms with Crippen molar-refractivity contribution in [3.05, 3.63) is 58.0 Å². The van der Waals surface area contributed by atoms with Crippen LogP contribution in [0.4, 0.5) is 0 Å². The van der Waals surface area contributed by atoms with Crippen LogP contribution in [-0.2, 0) is 0 Å². The highest BCUT2D eigenvalue weighted by molar-refractivity contribution is 6.35. The molecular formula is C16H14Cl2N2O3. The zero-order valence-electron chi connectivity index (χ0n) is 12.2. The number of halogens is 2. The Morgan fingerprint density at radius 3 is 2.22 bits per heavy atom. The number of hydrogen-bond donors (Lipinski definition) is 0. The lowest BCUT2D eigenvalue weighted by molar-refractivity contribution is 0.0518. The van der Waals surface area contributed by atoms with E-state index in [1.54, 1.807) is 40.1 Å². The number of carbonyl (C=O) groups excluding carboxylic acids is 2. The van der Waals surface area contributed by atoms with E-state index < -0.39 is 0 Å².